The van der Waals surface area contributed by atoms with E-state index in [1.165, 1.54) is 0 Å². The maximum absolute atomic E-state index is 12.7. The van der Waals surface area contributed by atoms with Gasteiger partial charge in [-0.3, -0.25) is 9.78 Å². The molecule has 1 N–H and O–H groups in total. The van der Waals surface area contributed by atoms with E-state index in [-0.39, 0.29) is 12.0 Å². The van der Waals surface area contributed by atoms with Crippen molar-refractivity contribution in [1.29, 1.82) is 0 Å². The highest BCUT2D eigenvalue weighted by atomic mass is 35.5. The van der Waals surface area contributed by atoms with Crippen LogP contribution in [0.5, 0.6) is 11.5 Å². The number of carbonyl (C=O) groups is 1. The number of anilines is 1. The van der Waals surface area contributed by atoms with Gasteiger partial charge in [0, 0.05) is 24.4 Å². The third-order valence-electron chi connectivity index (χ3n) is 4.51. The highest BCUT2D eigenvalue weighted by molar-refractivity contribution is 6.32. The first-order chi connectivity index (χ1) is 14.5. The SMILES string of the molecule is CCOC(C)Cc1ccc(C(=O)Nc2ccc(Oc3ccccc3Cl)cc2)c(C)n1. The predicted molar refractivity (Wildman–Crippen MR) is 120 cm³/mol. The topological polar surface area (TPSA) is 60.5 Å². The van der Waals surface area contributed by atoms with Crippen LogP contribution in [-0.4, -0.2) is 23.6 Å². The highest BCUT2D eigenvalue weighted by Crippen LogP contribution is 2.29. The second-order valence-electron chi connectivity index (χ2n) is 6.92. The fourth-order valence-corrected chi connectivity index (χ4v) is 3.24. The number of hydrogen-bond donors (Lipinski definition) is 1. The smallest absolute Gasteiger partial charge is 0.257 e. The number of ether oxygens (including phenoxy) is 2. The summed E-state index contributed by atoms with van der Waals surface area (Å²) in [6.45, 7) is 6.49. The number of pyridine rings is 1. The lowest BCUT2D eigenvalue weighted by Gasteiger charge is -2.13. The Morgan fingerprint density at radius 1 is 1.10 bits per heavy atom. The predicted octanol–water partition coefficient (Wildman–Crippen LogP) is 6.06. The maximum atomic E-state index is 12.7. The van der Waals surface area contributed by atoms with Gasteiger partial charge in [-0.05, 0) is 69.3 Å². The summed E-state index contributed by atoms with van der Waals surface area (Å²) < 4.78 is 11.3. The lowest BCUT2D eigenvalue weighted by Crippen LogP contribution is -2.16. The molecule has 1 amide bonds. The van der Waals surface area contributed by atoms with Crippen molar-refractivity contribution in [1.82, 2.24) is 4.98 Å². The Hall–Kier alpha value is -2.89. The molecule has 0 aliphatic carbocycles. The number of benzene rings is 2. The van der Waals surface area contributed by atoms with Gasteiger partial charge in [-0.2, -0.15) is 0 Å². The van der Waals surface area contributed by atoms with E-state index in [0.717, 1.165) is 5.69 Å². The molecule has 1 heterocycles. The van der Waals surface area contributed by atoms with Crippen molar-refractivity contribution in [2.75, 3.05) is 11.9 Å². The molecule has 6 heteroatoms. The number of para-hydroxylation sites is 1. The van der Waals surface area contributed by atoms with Gasteiger partial charge in [0.25, 0.3) is 5.91 Å². The second-order valence-corrected chi connectivity index (χ2v) is 7.32. The molecule has 1 unspecified atom stereocenters. The summed E-state index contributed by atoms with van der Waals surface area (Å²) in [6, 6.07) is 18.1. The number of aromatic nitrogens is 1. The molecular formula is C24H25ClN2O3. The molecule has 0 radical (unpaired) electrons. The van der Waals surface area contributed by atoms with Crippen LogP contribution in [-0.2, 0) is 11.2 Å². The van der Waals surface area contributed by atoms with Crippen molar-refractivity contribution in [3.8, 4) is 11.5 Å². The van der Waals surface area contributed by atoms with E-state index in [9.17, 15) is 4.79 Å². The summed E-state index contributed by atoms with van der Waals surface area (Å²) in [5, 5.41) is 3.44. The molecule has 5 nitrogen and oxygen atoms in total. The molecule has 1 aromatic heterocycles. The Morgan fingerprint density at radius 3 is 2.50 bits per heavy atom. The molecule has 0 fully saturated rings. The minimum Gasteiger partial charge on any atom is -0.456 e. The average molecular weight is 425 g/mol. The second kappa shape index (κ2) is 10.2. The molecule has 0 aliphatic rings. The molecule has 1 atom stereocenters. The molecule has 0 saturated heterocycles. The van der Waals surface area contributed by atoms with Crippen molar-refractivity contribution in [3.63, 3.8) is 0 Å². The van der Waals surface area contributed by atoms with Gasteiger partial charge in [-0.1, -0.05) is 23.7 Å². The van der Waals surface area contributed by atoms with E-state index in [1.54, 1.807) is 42.5 Å². The number of halogens is 1. The van der Waals surface area contributed by atoms with E-state index in [0.29, 0.717) is 46.5 Å². The molecule has 0 spiro atoms. The largest absolute Gasteiger partial charge is 0.456 e. The highest BCUT2D eigenvalue weighted by Gasteiger charge is 2.13. The van der Waals surface area contributed by atoms with E-state index >= 15 is 0 Å². The van der Waals surface area contributed by atoms with Gasteiger partial charge in [-0.25, -0.2) is 0 Å². The molecule has 156 valence electrons. The van der Waals surface area contributed by atoms with E-state index < -0.39 is 0 Å². The van der Waals surface area contributed by atoms with Crippen LogP contribution >= 0.6 is 11.6 Å². The third-order valence-corrected chi connectivity index (χ3v) is 4.82. The lowest BCUT2D eigenvalue weighted by atomic mass is 10.1. The molecule has 0 saturated carbocycles. The zero-order chi connectivity index (χ0) is 21.5. The van der Waals surface area contributed by atoms with Crippen LogP contribution in [0.4, 0.5) is 5.69 Å². The summed E-state index contributed by atoms with van der Waals surface area (Å²) in [5.74, 6) is 1.01. The minimum atomic E-state index is -0.204. The Bertz CT molecular complexity index is 1010. The Balaban J connectivity index is 1.63. The van der Waals surface area contributed by atoms with Gasteiger partial charge < -0.3 is 14.8 Å². The normalized spacial score (nSPS) is 11.7. The standard InChI is InChI=1S/C24H25ClN2O3/c1-4-29-16(2)15-19-11-14-21(17(3)26-19)24(28)27-18-9-12-20(13-10-18)30-23-8-6-5-7-22(23)25/h5-14,16H,4,15H2,1-3H3,(H,27,28). The molecular weight excluding hydrogens is 400 g/mol. The van der Waals surface area contributed by atoms with Gasteiger partial charge in [0.15, 0.2) is 0 Å². The zero-order valence-electron chi connectivity index (χ0n) is 17.3. The van der Waals surface area contributed by atoms with E-state index in [1.807, 2.05) is 39.0 Å². The van der Waals surface area contributed by atoms with Crippen molar-refractivity contribution < 1.29 is 14.3 Å². The number of nitrogens with one attached hydrogen (secondary N) is 1. The summed E-state index contributed by atoms with van der Waals surface area (Å²) in [5.41, 5.74) is 2.80. The van der Waals surface area contributed by atoms with Crippen LogP contribution in [0.15, 0.2) is 60.7 Å². The van der Waals surface area contributed by atoms with Gasteiger partial charge >= 0.3 is 0 Å². The Morgan fingerprint density at radius 2 is 1.83 bits per heavy atom. The third kappa shape index (κ3) is 5.81. The van der Waals surface area contributed by atoms with Crippen molar-refractivity contribution in [3.05, 3.63) is 82.6 Å². The van der Waals surface area contributed by atoms with E-state index in [2.05, 4.69) is 10.3 Å². The molecule has 0 aliphatic heterocycles. The van der Waals surface area contributed by atoms with Crippen LogP contribution in [0.1, 0.15) is 35.6 Å². The number of hydrogen-bond acceptors (Lipinski definition) is 4. The van der Waals surface area contributed by atoms with Gasteiger partial charge in [0.05, 0.1) is 22.4 Å². The summed E-state index contributed by atoms with van der Waals surface area (Å²) >= 11 is 6.12. The van der Waals surface area contributed by atoms with Crippen molar-refractivity contribution >= 4 is 23.2 Å². The molecule has 3 rings (SSSR count). The van der Waals surface area contributed by atoms with Crippen LogP contribution < -0.4 is 10.1 Å². The first-order valence-electron chi connectivity index (χ1n) is 9.88. The molecule has 30 heavy (non-hydrogen) atoms. The number of rotatable bonds is 8. The van der Waals surface area contributed by atoms with Gasteiger partial charge in [0.2, 0.25) is 0 Å². The number of nitrogens with zero attached hydrogens (tertiary/aromatic N) is 1. The maximum Gasteiger partial charge on any atom is 0.257 e. The van der Waals surface area contributed by atoms with Crippen LogP contribution in [0.2, 0.25) is 5.02 Å². The number of amides is 1. The molecule has 3 aromatic rings. The first kappa shape index (κ1) is 21.8. The fourth-order valence-electron chi connectivity index (χ4n) is 3.06. The quantitative estimate of drug-likeness (QED) is 0.477. The zero-order valence-corrected chi connectivity index (χ0v) is 18.1. The Labute approximate surface area is 182 Å². The fraction of sp³-hybridized carbons (Fsp3) is 0.250. The van der Waals surface area contributed by atoms with E-state index in [4.69, 9.17) is 21.1 Å². The van der Waals surface area contributed by atoms with Crippen molar-refractivity contribution in [2.45, 2.75) is 33.3 Å². The lowest BCUT2D eigenvalue weighted by molar-refractivity contribution is 0.0761. The van der Waals surface area contributed by atoms with Crippen LogP contribution in [0.3, 0.4) is 0 Å². The van der Waals surface area contributed by atoms with Gasteiger partial charge in [-0.15, -0.1) is 0 Å². The number of carbonyl (C=O) groups excluding carboxylic acids is 1. The van der Waals surface area contributed by atoms with Gasteiger partial charge in [0.1, 0.15) is 11.5 Å². The monoisotopic (exact) mass is 424 g/mol. The molecule has 0 bridgehead atoms. The molecule has 2 aromatic carbocycles. The summed E-state index contributed by atoms with van der Waals surface area (Å²) in [4.78, 5) is 17.2. The summed E-state index contributed by atoms with van der Waals surface area (Å²) in [7, 11) is 0. The first-order valence-corrected chi connectivity index (χ1v) is 10.3. The van der Waals surface area contributed by atoms with Crippen molar-refractivity contribution in [2.24, 2.45) is 0 Å². The van der Waals surface area contributed by atoms with Crippen LogP contribution in [0, 0.1) is 6.92 Å². The summed E-state index contributed by atoms with van der Waals surface area (Å²) in [6.07, 6.45) is 0.803. The van der Waals surface area contributed by atoms with Crippen LogP contribution in [0.25, 0.3) is 0 Å². The average Bonchev–Trinajstić information content (AvgIpc) is 2.71. The Kier molecular flexibility index (Phi) is 7.44. The number of aryl methyl sites for hydroxylation is 1. The minimum absolute atomic E-state index is 0.0908.